The van der Waals surface area contributed by atoms with Crippen molar-refractivity contribution in [3.8, 4) is 0 Å². The highest BCUT2D eigenvalue weighted by molar-refractivity contribution is 5.06. The number of aliphatic hydroxyl groups is 2. The van der Waals surface area contributed by atoms with Crippen molar-refractivity contribution in [3.63, 3.8) is 0 Å². The molecule has 0 aromatic rings. The minimum Gasteiger partial charge on any atom is -0.396 e. The Hall–Kier alpha value is -0.320. The van der Waals surface area contributed by atoms with Crippen LogP contribution in [0, 0.1) is 23.7 Å². The second kappa shape index (κ2) is 10.8. The summed E-state index contributed by atoms with van der Waals surface area (Å²) in [6, 6.07) is 1.12. The molecule has 6 fully saturated rings. The Morgan fingerprint density at radius 3 is 1.34 bits per heavy atom. The Labute approximate surface area is 229 Å². The van der Waals surface area contributed by atoms with Crippen LogP contribution in [0.3, 0.4) is 0 Å². The molecular weight excluding hydrogens is 484 g/mol. The highest BCUT2D eigenvalue weighted by Gasteiger charge is 2.59. The zero-order chi connectivity index (χ0) is 27.3. The molecule has 8 nitrogen and oxygen atoms in total. The van der Waals surface area contributed by atoms with E-state index in [1.807, 2.05) is 0 Å². The highest BCUT2D eigenvalue weighted by Crippen LogP contribution is 2.51. The third-order valence-electron chi connectivity index (χ3n) is 9.76. The number of nitrogens with one attached hydrogen (secondary N) is 2. The summed E-state index contributed by atoms with van der Waals surface area (Å²) in [5.41, 5.74) is -1.02. The molecule has 0 aromatic carbocycles. The monoisotopic (exact) mass is 538 g/mol. The lowest BCUT2D eigenvalue weighted by atomic mass is 9.71. The first kappa shape index (κ1) is 29.2. The average Bonchev–Trinajstić information content (AvgIpc) is 3.33. The molecule has 0 amide bonds. The molecule has 0 aliphatic carbocycles. The molecule has 10 atom stereocenters. The third-order valence-corrected chi connectivity index (χ3v) is 9.76. The molecule has 6 aliphatic rings. The predicted octanol–water partition coefficient (Wildman–Crippen LogP) is 4.03. The molecule has 2 spiro atoms. The van der Waals surface area contributed by atoms with Gasteiger partial charge >= 0.3 is 0 Å². The summed E-state index contributed by atoms with van der Waals surface area (Å²) in [6.45, 7) is 12.8. The Kier molecular flexibility index (Phi) is 8.31. The van der Waals surface area contributed by atoms with Crippen LogP contribution in [-0.2, 0) is 18.9 Å². The fourth-order valence-corrected chi connectivity index (χ4v) is 8.24. The standard InChI is InChI=1S/2C15H27NO3/c2*1-14(2,3)18-13-8-10-4-6-12-7-5-11(9-17)15(10,16-12)19-13/h2*10-13,16-17H,4-9H2,1-3H3/t2*10-,11+,12-,13+,15-/m11/s1. The van der Waals surface area contributed by atoms with Gasteiger partial charge in [0.05, 0.1) is 11.2 Å². The number of piperidine rings is 4. The van der Waals surface area contributed by atoms with Crippen LogP contribution in [0.2, 0.25) is 0 Å². The maximum Gasteiger partial charge on any atom is 0.161 e. The molecule has 38 heavy (non-hydrogen) atoms. The van der Waals surface area contributed by atoms with E-state index in [-0.39, 0.29) is 60.3 Å². The van der Waals surface area contributed by atoms with E-state index in [0.29, 0.717) is 23.9 Å². The number of fused-ring (bicyclic) bond motifs is 2. The minimum atomic E-state index is -0.328. The molecule has 0 saturated carbocycles. The van der Waals surface area contributed by atoms with Crippen molar-refractivity contribution in [1.29, 1.82) is 0 Å². The van der Waals surface area contributed by atoms with E-state index in [2.05, 4.69) is 52.2 Å². The van der Waals surface area contributed by atoms with Crippen LogP contribution in [0.15, 0.2) is 0 Å². The number of rotatable bonds is 4. The molecule has 8 heteroatoms. The van der Waals surface area contributed by atoms with E-state index in [9.17, 15) is 10.2 Å². The Morgan fingerprint density at radius 2 is 1.00 bits per heavy atom. The highest BCUT2D eigenvalue weighted by atomic mass is 16.7. The van der Waals surface area contributed by atoms with Crippen LogP contribution in [0.25, 0.3) is 0 Å². The molecule has 220 valence electrons. The SMILES string of the molecule is CC(C)(C)O[C@@H]1C[C@H]2CC[C@@H]3CC[C@@H](CO)[C@]2(N3)O1.CC(C)(C)O[C@@H]1C[C@H]2CC[C@@H]3CC[C@@H](CO)[C@]2(N3)O1. The van der Waals surface area contributed by atoms with Crippen molar-refractivity contribution < 1.29 is 29.2 Å². The van der Waals surface area contributed by atoms with Gasteiger partial charge in [-0.25, -0.2) is 0 Å². The lowest BCUT2D eigenvalue weighted by Gasteiger charge is -2.51. The molecule has 6 aliphatic heterocycles. The molecule has 4 N–H and O–H groups in total. The van der Waals surface area contributed by atoms with E-state index in [0.717, 1.165) is 38.5 Å². The zero-order valence-corrected chi connectivity index (χ0v) is 24.6. The summed E-state index contributed by atoms with van der Waals surface area (Å²) >= 11 is 0. The van der Waals surface area contributed by atoms with Crippen LogP contribution in [0.4, 0.5) is 0 Å². The minimum absolute atomic E-state index is 0.136. The lowest BCUT2D eigenvalue weighted by molar-refractivity contribution is -0.249. The normalized spacial score (nSPS) is 46.1. The molecule has 6 rings (SSSR count). The summed E-state index contributed by atoms with van der Waals surface area (Å²) in [4.78, 5) is 0. The number of aliphatic hydroxyl groups excluding tert-OH is 2. The summed E-state index contributed by atoms with van der Waals surface area (Å²) < 4.78 is 24.7. The number of ether oxygens (including phenoxy) is 4. The van der Waals surface area contributed by atoms with Crippen molar-refractivity contribution in [2.24, 2.45) is 23.7 Å². The average molecular weight is 539 g/mol. The maximum absolute atomic E-state index is 9.70. The van der Waals surface area contributed by atoms with E-state index in [4.69, 9.17) is 18.9 Å². The van der Waals surface area contributed by atoms with Crippen molar-refractivity contribution in [2.75, 3.05) is 13.2 Å². The van der Waals surface area contributed by atoms with Crippen LogP contribution in [0.5, 0.6) is 0 Å². The van der Waals surface area contributed by atoms with Crippen LogP contribution in [-0.4, -0.2) is 70.7 Å². The Balaban J connectivity index is 0.000000155. The smallest absolute Gasteiger partial charge is 0.161 e. The van der Waals surface area contributed by atoms with Gasteiger partial charge in [0.15, 0.2) is 12.6 Å². The molecule has 0 radical (unpaired) electrons. The molecule has 0 unspecified atom stereocenters. The Bertz CT molecular complexity index is 748. The van der Waals surface area contributed by atoms with E-state index < -0.39 is 0 Å². The first-order chi connectivity index (χ1) is 17.9. The van der Waals surface area contributed by atoms with Gasteiger partial charge in [-0.15, -0.1) is 0 Å². The Morgan fingerprint density at radius 1 is 0.632 bits per heavy atom. The van der Waals surface area contributed by atoms with Gasteiger partial charge in [-0.3, -0.25) is 10.6 Å². The number of hydrogen-bond donors (Lipinski definition) is 4. The lowest BCUT2D eigenvalue weighted by Crippen LogP contribution is -2.65. The third kappa shape index (κ3) is 5.85. The topological polar surface area (TPSA) is 101 Å². The van der Waals surface area contributed by atoms with E-state index >= 15 is 0 Å². The summed E-state index contributed by atoms with van der Waals surface area (Å²) in [5, 5.41) is 26.8. The van der Waals surface area contributed by atoms with Crippen molar-refractivity contribution in [2.45, 2.75) is 153 Å². The fraction of sp³-hybridized carbons (Fsp3) is 1.00. The van der Waals surface area contributed by atoms with Crippen molar-refractivity contribution in [3.05, 3.63) is 0 Å². The maximum atomic E-state index is 9.70. The van der Waals surface area contributed by atoms with Crippen LogP contribution >= 0.6 is 0 Å². The van der Waals surface area contributed by atoms with Gasteiger partial charge in [-0.05, 0) is 92.9 Å². The van der Waals surface area contributed by atoms with Crippen molar-refractivity contribution in [1.82, 2.24) is 10.6 Å². The quantitative estimate of drug-likeness (QED) is 0.426. The summed E-state index contributed by atoms with van der Waals surface area (Å²) in [5.74, 6) is 1.38. The van der Waals surface area contributed by atoms with Crippen molar-refractivity contribution >= 4 is 0 Å². The van der Waals surface area contributed by atoms with E-state index in [1.165, 1.54) is 25.7 Å². The van der Waals surface area contributed by atoms with Gasteiger partial charge < -0.3 is 29.2 Å². The molecule has 6 saturated heterocycles. The van der Waals surface area contributed by atoms with Crippen LogP contribution < -0.4 is 10.6 Å². The zero-order valence-electron chi connectivity index (χ0n) is 24.6. The molecule has 0 aromatic heterocycles. The van der Waals surface area contributed by atoms with Crippen LogP contribution in [0.1, 0.15) is 106 Å². The predicted molar refractivity (Wildman–Crippen MR) is 145 cm³/mol. The van der Waals surface area contributed by atoms with Gasteiger partial charge in [0.2, 0.25) is 0 Å². The summed E-state index contributed by atoms with van der Waals surface area (Å²) in [6.07, 6.45) is 10.9. The molecule has 6 heterocycles. The molecular formula is C30H54N2O6. The van der Waals surface area contributed by atoms with Gasteiger partial charge in [-0.1, -0.05) is 0 Å². The van der Waals surface area contributed by atoms with E-state index in [1.54, 1.807) is 0 Å². The number of hydrogen-bond acceptors (Lipinski definition) is 8. The second-order valence-corrected chi connectivity index (χ2v) is 14.8. The molecule has 4 bridgehead atoms. The first-order valence-electron chi connectivity index (χ1n) is 15.3. The first-order valence-corrected chi connectivity index (χ1v) is 15.3. The fourth-order valence-electron chi connectivity index (χ4n) is 8.24. The van der Waals surface area contributed by atoms with Gasteiger partial charge in [0, 0.05) is 61.8 Å². The largest absolute Gasteiger partial charge is 0.396 e. The van der Waals surface area contributed by atoms with Gasteiger partial charge in [-0.2, -0.15) is 0 Å². The summed E-state index contributed by atoms with van der Waals surface area (Å²) in [7, 11) is 0. The van der Waals surface area contributed by atoms with Gasteiger partial charge in [0.1, 0.15) is 11.4 Å². The van der Waals surface area contributed by atoms with Gasteiger partial charge in [0.25, 0.3) is 0 Å². The second-order valence-electron chi connectivity index (χ2n) is 14.8.